The van der Waals surface area contributed by atoms with Gasteiger partial charge in [0, 0.05) is 29.1 Å². The smallest absolute Gasteiger partial charge is 0.162 e. The van der Waals surface area contributed by atoms with E-state index in [1.54, 1.807) is 14.2 Å². The molecule has 2 aromatic rings. The summed E-state index contributed by atoms with van der Waals surface area (Å²) in [7, 11) is 3.26. The van der Waals surface area contributed by atoms with Crippen molar-refractivity contribution in [2.75, 3.05) is 20.0 Å². The summed E-state index contributed by atoms with van der Waals surface area (Å²) in [5, 5.41) is 1.73. The van der Waals surface area contributed by atoms with Gasteiger partial charge in [0.2, 0.25) is 0 Å². The molecule has 1 aromatic carbocycles. The zero-order valence-electron chi connectivity index (χ0n) is 15.6. The predicted octanol–water partition coefficient (Wildman–Crippen LogP) is 4.73. The minimum Gasteiger partial charge on any atom is -0.493 e. The number of ether oxygens (including phenoxy) is 2. The Labute approximate surface area is 168 Å². The second-order valence-corrected chi connectivity index (χ2v) is 7.96. The molecule has 1 aromatic heterocycles. The number of thioether (sulfide) groups is 1. The minimum atomic E-state index is -0.0985. The van der Waals surface area contributed by atoms with Crippen LogP contribution in [0.2, 0.25) is 5.02 Å². The van der Waals surface area contributed by atoms with Gasteiger partial charge in [0.25, 0.3) is 0 Å². The van der Waals surface area contributed by atoms with E-state index in [-0.39, 0.29) is 12.1 Å². The van der Waals surface area contributed by atoms with Crippen LogP contribution in [0.1, 0.15) is 36.7 Å². The molecular weight excluding hydrogens is 382 g/mol. The van der Waals surface area contributed by atoms with Crippen LogP contribution in [0.4, 0.5) is 0 Å². The molecule has 3 heterocycles. The number of amidine groups is 1. The van der Waals surface area contributed by atoms with Crippen molar-refractivity contribution in [3.63, 3.8) is 0 Å². The quantitative estimate of drug-likeness (QED) is 0.722. The SMILES string of the molecule is CC[C@H]1CSC2=N[C@H](c3ccccn3)[C@@H](c3cc(OC)c(OC)cc3Cl)N21. The molecule has 2 aliphatic heterocycles. The van der Waals surface area contributed by atoms with Crippen LogP contribution in [0.5, 0.6) is 11.5 Å². The van der Waals surface area contributed by atoms with Crippen molar-refractivity contribution >= 4 is 28.5 Å². The fourth-order valence-electron chi connectivity index (χ4n) is 3.78. The van der Waals surface area contributed by atoms with E-state index in [1.165, 1.54) is 0 Å². The van der Waals surface area contributed by atoms with Crippen LogP contribution in [0.3, 0.4) is 0 Å². The Morgan fingerprint density at radius 1 is 1.22 bits per heavy atom. The number of rotatable bonds is 5. The number of fused-ring (bicyclic) bond motifs is 1. The van der Waals surface area contributed by atoms with Gasteiger partial charge >= 0.3 is 0 Å². The Morgan fingerprint density at radius 3 is 2.67 bits per heavy atom. The summed E-state index contributed by atoms with van der Waals surface area (Å²) in [6.07, 6.45) is 2.87. The number of pyridine rings is 1. The summed E-state index contributed by atoms with van der Waals surface area (Å²) < 4.78 is 10.9. The highest BCUT2D eigenvalue weighted by atomic mass is 35.5. The molecule has 1 fully saturated rings. The van der Waals surface area contributed by atoms with Crippen LogP contribution in [0.25, 0.3) is 0 Å². The first-order valence-electron chi connectivity index (χ1n) is 8.99. The van der Waals surface area contributed by atoms with E-state index in [0.717, 1.165) is 28.6 Å². The van der Waals surface area contributed by atoms with Crippen LogP contribution in [0, 0.1) is 0 Å². The molecule has 0 N–H and O–H groups in total. The third kappa shape index (κ3) is 3.15. The van der Waals surface area contributed by atoms with Gasteiger partial charge < -0.3 is 14.4 Å². The molecule has 3 atom stereocenters. The topological polar surface area (TPSA) is 47.0 Å². The molecule has 0 bridgehead atoms. The first-order valence-corrected chi connectivity index (χ1v) is 10.4. The Bertz CT molecular complexity index is 862. The fourth-order valence-corrected chi connectivity index (χ4v) is 5.39. The number of halogens is 1. The molecule has 7 heteroatoms. The van der Waals surface area contributed by atoms with Crippen molar-refractivity contribution in [2.45, 2.75) is 31.5 Å². The molecule has 1 saturated heterocycles. The van der Waals surface area contributed by atoms with Crippen molar-refractivity contribution in [3.05, 3.63) is 52.8 Å². The Hall–Kier alpha value is -1.92. The normalized spacial score (nSPS) is 23.9. The third-order valence-corrected chi connectivity index (χ3v) is 6.60. The van der Waals surface area contributed by atoms with Gasteiger partial charge in [-0.15, -0.1) is 0 Å². The molecule has 0 radical (unpaired) electrons. The maximum absolute atomic E-state index is 6.71. The van der Waals surface area contributed by atoms with Crippen molar-refractivity contribution in [1.82, 2.24) is 9.88 Å². The van der Waals surface area contributed by atoms with E-state index < -0.39 is 0 Å². The molecule has 2 aliphatic rings. The van der Waals surface area contributed by atoms with Crippen molar-refractivity contribution in [1.29, 1.82) is 0 Å². The summed E-state index contributed by atoms with van der Waals surface area (Å²) in [5.41, 5.74) is 1.94. The van der Waals surface area contributed by atoms with Gasteiger partial charge in [0.05, 0.1) is 26.0 Å². The molecule has 0 spiro atoms. The van der Waals surface area contributed by atoms with E-state index in [2.05, 4.69) is 16.8 Å². The number of methoxy groups -OCH3 is 2. The van der Waals surface area contributed by atoms with Gasteiger partial charge in [0.1, 0.15) is 6.04 Å². The second-order valence-electron chi connectivity index (χ2n) is 6.57. The van der Waals surface area contributed by atoms with Crippen LogP contribution >= 0.6 is 23.4 Å². The summed E-state index contributed by atoms with van der Waals surface area (Å²) in [6, 6.07) is 10.1. The number of hydrogen-bond acceptors (Lipinski definition) is 6. The van der Waals surface area contributed by atoms with Crippen LogP contribution in [-0.4, -0.2) is 41.1 Å². The summed E-state index contributed by atoms with van der Waals surface area (Å²) in [6.45, 7) is 2.22. The largest absolute Gasteiger partial charge is 0.493 e. The lowest BCUT2D eigenvalue weighted by molar-refractivity contribution is 0.254. The lowest BCUT2D eigenvalue weighted by Crippen LogP contribution is -2.35. The van der Waals surface area contributed by atoms with Crippen molar-refractivity contribution in [2.24, 2.45) is 4.99 Å². The van der Waals surface area contributed by atoms with Crippen molar-refractivity contribution in [3.8, 4) is 11.5 Å². The van der Waals surface area contributed by atoms with Crippen LogP contribution < -0.4 is 9.47 Å². The minimum absolute atomic E-state index is 0.0119. The van der Waals surface area contributed by atoms with E-state index in [9.17, 15) is 0 Å². The monoisotopic (exact) mass is 403 g/mol. The number of aliphatic imine (C=N–C) groups is 1. The van der Waals surface area contributed by atoms with E-state index in [0.29, 0.717) is 22.6 Å². The van der Waals surface area contributed by atoms with E-state index in [1.807, 2.05) is 48.3 Å². The zero-order valence-corrected chi connectivity index (χ0v) is 17.1. The van der Waals surface area contributed by atoms with Gasteiger partial charge in [0.15, 0.2) is 16.7 Å². The van der Waals surface area contributed by atoms with Crippen molar-refractivity contribution < 1.29 is 9.47 Å². The molecule has 0 amide bonds. The van der Waals surface area contributed by atoms with Gasteiger partial charge in [-0.3, -0.25) is 9.98 Å². The molecule has 0 aliphatic carbocycles. The summed E-state index contributed by atoms with van der Waals surface area (Å²) in [4.78, 5) is 12.0. The molecule has 27 heavy (non-hydrogen) atoms. The molecule has 5 nitrogen and oxygen atoms in total. The highest BCUT2D eigenvalue weighted by Gasteiger charge is 2.46. The second kappa shape index (κ2) is 7.60. The average molecular weight is 404 g/mol. The maximum Gasteiger partial charge on any atom is 0.162 e. The first kappa shape index (κ1) is 18.4. The van der Waals surface area contributed by atoms with E-state index in [4.69, 9.17) is 26.1 Å². The van der Waals surface area contributed by atoms with E-state index >= 15 is 0 Å². The lowest BCUT2D eigenvalue weighted by Gasteiger charge is -2.32. The Balaban J connectivity index is 1.84. The molecule has 0 saturated carbocycles. The number of aromatic nitrogens is 1. The number of benzene rings is 1. The average Bonchev–Trinajstić information content (AvgIpc) is 3.27. The lowest BCUT2D eigenvalue weighted by atomic mass is 9.94. The predicted molar refractivity (Wildman–Crippen MR) is 110 cm³/mol. The third-order valence-electron chi connectivity index (χ3n) is 5.15. The molecular formula is C20H22ClN3O2S. The van der Waals surface area contributed by atoms with Crippen LogP contribution in [0.15, 0.2) is 41.5 Å². The van der Waals surface area contributed by atoms with Gasteiger partial charge in [-0.2, -0.15) is 0 Å². The molecule has 4 rings (SSSR count). The Kier molecular flexibility index (Phi) is 5.19. The number of nitrogens with zero attached hydrogens (tertiary/aromatic N) is 3. The Morgan fingerprint density at radius 2 is 2.00 bits per heavy atom. The van der Waals surface area contributed by atoms with Gasteiger partial charge in [-0.05, 0) is 30.2 Å². The van der Waals surface area contributed by atoms with Gasteiger partial charge in [-0.1, -0.05) is 36.4 Å². The zero-order chi connectivity index (χ0) is 19.0. The number of hydrogen-bond donors (Lipinski definition) is 0. The summed E-state index contributed by atoms with van der Waals surface area (Å²) >= 11 is 8.53. The fraction of sp³-hybridized carbons (Fsp3) is 0.400. The highest BCUT2D eigenvalue weighted by Crippen LogP contribution is 2.51. The highest BCUT2D eigenvalue weighted by molar-refractivity contribution is 8.14. The maximum atomic E-state index is 6.71. The standard InChI is InChI=1S/C20H22ClN3O2S/c1-4-12-11-27-20-23-18(15-7-5-6-8-22-15)19(24(12)20)13-9-16(25-2)17(26-3)10-14(13)21/h5-10,12,18-19H,4,11H2,1-3H3/t12-,18+,19+/m0/s1. The summed E-state index contributed by atoms with van der Waals surface area (Å²) in [5.74, 6) is 2.35. The molecule has 142 valence electrons. The molecule has 0 unspecified atom stereocenters. The van der Waals surface area contributed by atoms with Crippen LogP contribution in [-0.2, 0) is 0 Å². The first-order chi connectivity index (χ1) is 13.2. The van der Waals surface area contributed by atoms with Gasteiger partial charge in [-0.25, -0.2) is 0 Å².